The van der Waals surface area contributed by atoms with E-state index in [0.717, 1.165) is 0 Å². The molecule has 0 radical (unpaired) electrons. The zero-order valence-corrected chi connectivity index (χ0v) is 10.7. The quantitative estimate of drug-likeness (QED) is 0.757. The first-order valence-corrected chi connectivity index (χ1v) is 6.92. The summed E-state index contributed by atoms with van der Waals surface area (Å²) in [5.41, 5.74) is 1.48. The van der Waals surface area contributed by atoms with Crippen molar-refractivity contribution in [1.29, 1.82) is 0 Å². The van der Waals surface area contributed by atoms with Crippen LogP contribution in [0.5, 0.6) is 0 Å². The molecule has 0 aliphatic carbocycles. The van der Waals surface area contributed by atoms with E-state index < -0.39 is 0 Å². The molecule has 0 saturated carbocycles. The van der Waals surface area contributed by atoms with Gasteiger partial charge in [0.25, 0.3) is 0 Å². The minimum atomic E-state index is 1.17. The van der Waals surface area contributed by atoms with Crippen LogP contribution in [-0.2, 0) is 6.42 Å². The van der Waals surface area contributed by atoms with Gasteiger partial charge in [0.05, 0.1) is 0 Å². The van der Waals surface area contributed by atoms with Gasteiger partial charge in [-0.15, -0.1) is 0 Å². The molecule has 0 atom stereocenters. The van der Waals surface area contributed by atoms with E-state index in [0.29, 0.717) is 0 Å². The van der Waals surface area contributed by atoms with Crippen LogP contribution in [0, 0.1) is 0 Å². The standard InChI is InChI=1S/C15H24N2/c1-3-7-15(8-4-1)9-5-2-6-12-17-13-10-16-11-14-17/h1,3-4,7-8,16H,2,5-6,9-14H2. The number of nitrogens with zero attached hydrogens (tertiary/aromatic N) is 1. The molecule has 2 nitrogen and oxygen atoms in total. The van der Waals surface area contributed by atoms with Crippen molar-refractivity contribution in [3.05, 3.63) is 35.9 Å². The summed E-state index contributed by atoms with van der Waals surface area (Å²) in [5, 5.41) is 3.40. The Morgan fingerprint density at radius 3 is 2.47 bits per heavy atom. The molecular formula is C15H24N2. The third-order valence-electron chi connectivity index (χ3n) is 3.49. The number of unbranched alkanes of at least 4 members (excludes halogenated alkanes) is 2. The minimum Gasteiger partial charge on any atom is -0.314 e. The Morgan fingerprint density at radius 2 is 1.71 bits per heavy atom. The van der Waals surface area contributed by atoms with Gasteiger partial charge in [0.15, 0.2) is 0 Å². The summed E-state index contributed by atoms with van der Waals surface area (Å²) in [5.74, 6) is 0. The van der Waals surface area contributed by atoms with E-state index in [2.05, 4.69) is 40.5 Å². The maximum atomic E-state index is 3.40. The Labute approximate surface area is 105 Å². The van der Waals surface area contributed by atoms with Crippen LogP contribution in [0.15, 0.2) is 30.3 Å². The summed E-state index contributed by atoms with van der Waals surface area (Å²) in [7, 11) is 0. The highest BCUT2D eigenvalue weighted by Crippen LogP contribution is 2.07. The predicted molar refractivity (Wildman–Crippen MR) is 73.3 cm³/mol. The molecule has 1 aromatic rings. The zero-order valence-electron chi connectivity index (χ0n) is 10.7. The Bertz CT molecular complexity index is 291. The highest BCUT2D eigenvalue weighted by atomic mass is 15.2. The molecule has 1 aliphatic heterocycles. The van der Waals surface area contributed by atoms with Crippen molar-refractivity contribution in [1.82, 2.24) is 10.2 Å². The lowest BCUT2D eigenvalue weighted by Gasteiger charge is -2.27. The summed E-state index contributed by atoms with van der Waals surface area (Å²) in [6.07, 6.45) is 5.28. The normalized spacial score (nSPS) is 17.2. The number of piperazine rings is 1. The smallest absolute Gasteiger partial charge is 0.0107 e. The van der Waals surface area contributed by atoms with E-state index in [1.165, 1.54) is 64.0 Å². The van der Waals surface area contributed by atoms with Crippen LogP contribution in [0.1, 0.15) is 24.8 Å². The minimum absolute atomic E-state index is 1.17. The number of aryl methyl sites for hydroxylation is 1. The molecule has 2 rings (SSSR count). The highest BCUT2D eigenvalue weighted by Gasteiger charge is 2.07. The second kappa shape index (κ2) is 7.46. The molecular weight excluding hydrogens is 208 g/mol. The molecule has 0 bridgehead atoms. The molecule has 1 fully saturated rings. The zero-order chi connectivity index (χ0) is 11.8. The second-order valence-electron chi connectivity index (χ2n) is 4.89. The van der Waals surface area contributed by atoms with Crippen LogP contribution in [0.2, 0.25) is 0 Å². The largest absolute Gasteiger partial charge is 0.314 e. The fraction of sp³-hybridized carbons (Fsp3) is 0.600. The third-order valence-corrected chi connectivity index (χ3v) is 3.49. The van der Waals surface area contributed by atoms with Crippen LogP contribution in [-0.4, -0.2) is 37.6 Å². The van der Waals surface area contributed by atoms with E-state index in [9.17, 15) is 0 Å². The molecule has 2 heteroatoms. The molecule has 1 saturated heterocycles. The number of rotatable bonds is 6. The number of hydrogen-bond acceptors (Lipinski definition) is 2. The molecule has 0 amide bonds. The molecule has 1 aromatic carbocycles. The molecule has 1 heterocycles. The first-order chi connectivity index (χ1) is 8.45. The molecule has 0 unspecified atom stereocenters. The van der Waals surface area contributed by atoms with Crippen LogP contribution >= 0.6 is 0 Å². The average molecular weight is 232 g/mol. The second-order valence-corrected chi connectivity index (χ2v) is 4.89. The summed E-state index contributed by atoms with van der Waals surface area (Å²) in [4.78, 5) is 2.58. The van der Waals surface area contributed by atoms with Crippen LogP contribution in [0.4, 0.5) is 0 Å². The maximum Gasteiger partial charge on any atom is 0.0107 e. The van der Waals surface area contributed by atoms with Crippen molar-refractivity contribution in [3.63, 3.8) is 0 Å². The van der Waals surface area contributed by atoms with Gasteiger partial charge in [0.2, 0.25) is 0 Å². The van der Waals surface area contributed by atoms with Crippen molar-refractivity contribution in [3.8, 4) is 0 Å². The molecule has 0 aromatic heterocycles. The fourth-order valence-electron chi connectivity index (χ4n) is 2.42. The number of nitrogens with one attached hydrogen (secondary N) is 1. The van der Waals surface area contributed by atoms with Crippen molar-refractivity contribution in [2.24, 2.45) is 0 Å². The Morgan fingerprint density at radius 1 is 0.941 bits per heavy atom. The first kappa shape index (κ1) is 12.6. The van der Waals surface area contributed by atoms with Gasteiger partial charge < -0.3 is 10.2 Å². The molecule has 1 N–H and O–H groups in total. The Hall–Kier alpha value is -0.860. The summed E-state index contributed by atoms with van der Waals surface area (Å²) in [6.45, 7) is 6.10. The molecule has 1 aliphatic rings. The van der Waals surface area contributed by atoms with Gasteiger partial charge in [0, 0.05) is 26.2 Å². The monoisotopic (exact) mass is 232 g/mol. The van der Waals surface area contributed by atoms with Gasteiger partial charge in [-0.3, -0.25) is 0 Å². The maximum absolute atomic E-state index is 3.40. The van der Waals surface area contributed by atoms with Crippen LogP contribution in [0.25, 0.3) is 0 Å². The summed E-state index contributed by atoms with van der Waals surface area (Å²) in [6, 6.07) is 10.8. The number of hydrogen-bond donors (Lipinski definition) is 1. The van der Waals surface area contributed by atoms with E-state index in [1.54, 1.807) is 0 Å². The van der Waals surface area contributed by atoms with E-state index in [4.69, 9.17) is 0 Å². The lowest BCUT2D eigenvalue weighted by Crippen LogP contribution is -2.43. The van der Waals surface area contributed by atoms with Crippen molar-refractivity contribution in [2.45, 2.75) is 25.7 Å². The lowest BCUT2D eigenvalue weighted by atomic mass is 10.1. The van der Waals surface area contributed by atoms with Crippen LogP contribution < -0.4 is 5.32 Å². The highest BCUT2D eigenvalue weighted by molar-refractivity contribution is 5.14. The van der Waals surface area contributed by atoms with Gasteiger partial charge in [-0.2, -0.15) is 0 Å². The van der Waals surface area contributed by atoms with Gasteiger partial charge in [-0.05, 0) is 31.4 Å². The average Bonchev–Trinajstić information content (AvgIpc) is 2.41. The van der Waals surface area contributed by atoms with Crippen molar-refractivity contribution < 1.29 is 0 Å². The molecule has 17 heavy (non-hydrogen) atoms. The molecule has 94 valence electrons. The fourth-order valence-corrected chi connectivity index (χ4v) is 2.42. The third kappa shape index (κ3) is 4.88. The predicted octanol–water partition coefficient (Wildman–Crippen LogP) is 2.30. The lowest BCUT2D eigenvalue weighted by molar-refractivity contribution is 0.236. The SMILES string of the molecule is c1ccc(CCCCCN2CCNCC2)cc1. The van der Waals surface area contributed by atoms with E-state index in [1.807, 2.05) is 0 Å². The number of benzene rings is 1. The first-order valence-electron chi connectivity index (χ1n) is 6.92. The van der Waals surface area contributed by atoms with Gasteiger partial charge in [-0.25, -0.2) is 0 Å². The Kier molecular flexibility index (Phi) is 5.53. The van der Waals surface area contributed by atoms with E-state index in [-0.39, 0.29) is 0 Å². The summed E-state index contributed by atoms with van der Waals surface area (Å²) >= 11 is 0. The molecule has 0 spiro atoms. The van der Waals surface area contributed by atoms with Crippen molar-refractivity contribution in [2.75, 3.05) is 32.7 Å². The van der Waals surface area contributed by atoms with Gasteiger partial charge in [0.1, 0.15) is 0 Å². The van der Waals surface area contributed by atoms with Gasteiger partial charge in [-0.1, -0.05) is 36.8 Å². The van der Waals surface area contributed by atoms with Gasteiger partial charge >= 0.3 is 0 Å². The van der Waals surface area contributed by atoms with Crippen LogP contribution in [0.3, 0.4) is 0 Å². The summed E-state index contributed by atoms with van der Waals surface area (Å²) < 4.78 is 0. The van der Waals surface area contributed by atoms with Crippen molar-refractivity contribution >= 4 is 0 Å². The Balaban J connectivity index is 1.51. The van der Waals surface area contributed by atoms with E-state index >= 15 is 0 Å². The topological polar surface area (TPSA) is 15.3 Å².